The number of hydrogen-bond acceptors (Lipinski definition) is 6. The zero-order valence-electron chi connectivity index (χ0n) is 46.5. The summed E-state index contributed by atoms with van der Waals surface area (Å²) in [5.41, 5.74) is 23.3. The predicted octanol–water partition coefficient (Wildman–Crippen LogP) is 21.4. The van der Waals surface area contributed by atoms with Gasteiger partial charge in [0.1, 0.15) is 22.3 Å². The molecule has 16 aromatic rings. The molecule has 4 heterocycles. The highest BCUT2D eigenvalue weighted by molar-refractivity contribution is 6.16. The molecule has 0 amide bonds. The summed E-state index contributed by atoms with van der Waals surface area (Å²) in [6.07, 6.45) is 0. The van der Waals surface area contributed by atoms with Crippen LogP contribution < -0.4 is 0 Å². The molecule has 0 atom stereocenters. The molecule has 0 fully saturated rings. The average Bonchev–Trinajstić information content (AvgIpc) is 1.80. The Labute approximate surface area is 496 Å². The van der Waals surface area contributed by atoms with Gasteiger partial charge in [-0.15, -0.1) is 0 Å². The van der Waals surface area contributed by atoms with Crippen molar-refractivity contribution in [3.05, 3.63) is 303 Å². The van der Waals surface area contributed by atoms with Crippen molar-refractivity contribution in [1.29, 1.82) is 0 Å². The van der Waals surface area contributed by atoms with Crippen LogP contribution in [-0.2, 0) is 0 Å². The Morgan fingerprint density at radius 3 is 0.884 bits per heavy atom. The van der Waals surface area contributed by atoms with E-state index in [4.69, 9.17) is 28.8 Å². The fourth-order valence-electron chi connectivity index (χ4n) is 12.1. The summed E-state index contributed by atoms with van der Waals surface area (Å²) in [7, 11) is 0. The molecule has 0 spiro atoms. The molecule has 0 saturated carbocycles. The van der Waals surface area contributed by atoms with Crippen LogP contribution in [0.5, 0.6) is 0 Å². The van der Waals surface area contributed by atoms with Gasteiger partial charge in [-0.3, -0.25) is 0 Å². The first-order valence-electron chi connectivity index (χ1n) is 28.9. The van der Waals surface area contributed by atoms with Crippen molar-refractivity contribution in [1.82, 2.24) is 19.9 Å². The van der Waals surface area contributed by atoms with Gasteiger partial charge in [0.2, 0.25) is 0 Å². The summed E-state index contributed by atoms with van der Waals surface area (Å²) in [4.78, 5) is 20.9. The largest absolute Gasteiger partial charge is 0.455 e. The molecular weight excluding hydrogens is 1050 g/mol. The number of rotatable bonds is 11. The Morgan fingerprint density at radius 1 is 0.198 bits per heavy atom. The molecule has 402 valence electrons. The van der Waals surface area contributed by atoms with Crippen LogP contribution in [0.25, 0.3) is 167 Å². The van der Waals surface area contributed by atoms with Crippen LogP contribution in [0.1, 0.15) is 0 Å². The number of benzene rings is 12. The molecular formula is C80H50N4O2. The molecule has 0 aliphatic rings. The molecule has 6 heteroatoms. The fraction of sp³-hybridized carbons (Fsp3) is 0. The van der Waals surface area contributed by atoms with E-state index in [1.54, 1.807) is 0 Å². The molecule has 86 heavy (non-hydrogen) atoms. The number of para-hydroxylation sites is 2. The minimum atomic E-state index is 0.587. The van der Waals surface area contributed by atoms with Crippen LogP contribution in [0.15, 0.2) is 312 Å². The number of nitrogens with zero attached hydrogens (tertiary/aromatic N) is 4. The lowest BCUT2D eigenvalue weighted by atomic mass is 9.91. The quantitative estimate of drug-likeness (QED) is 0.128. The zero-order chi connectivity index (χ0) is 56.9. The van der Waals surface area contributed by atoms with Crippen LogP contribution in [0.3, 0.4) is 0 Å². The van der Waals surface area contributed by atoms with Crippen LogP contribution in [0.4, 0.5) is 0 Å². The Kier molecular flexibility index (Phi) is 12.4. The van der Waals surface area contributed by atoms with Crippen LogP contribution in [-0.4, -0.2) is 19.9 Å². The van der Waals surface area contributed by atoms with E-state index in [0.717, 1.165) is 156 Å². The first kappa shape index (κ1) is 50.2. The summed E-state index contributed by atoms with van der Waals surface area (Å²) in [6.45, 7) is 0. The number of hydrogen-bond donors (Lipinski definition) is 0. The number of aromatic nitrogens is 4. The van der Waals surface area contributed by atoms with E-state index in [1.807, 2.05) is 60.7 Å². The third-order valence-corrected chi connectivity index (χ3v) is 16.4. The summed E-state index contributed by atoms with van der Waals surface area (Å²) in [5, 5.41) is 4.11. The highest BCUT2D eigenvalue weighted by Crippen LogP contribution is 2.44. The van der Waals surface area contributed by atoms with E-state index in [-0.39, 0.29) is 0 Å². The summed E-state index contributed by atoms with van der Waals surface area (Å²) >= 11 is 0. The Bertz CT molecular complexity index is 5060. The van der Waals surface area contributed by atoms with Crippen LogP contribution >= 0.6 is 0 Å². The van der Waals surface area contributed by atoms with E-state index in [9.17, 15) is 0 Å². The highest BCUT2D eigenvalue weighted by atomic mass is 16.3. The molecule has 0 aliphatic heterocycles. The Hall–Kier alpha value is -11.6. The smallest absolute Gasteiger partial charge is 0.164 e. The molecule has 0 bridgehead atoms. The zero-order valence-corrected chi connectivity index (χ0v) is 46.5. The molecule has 4 aromatic heterocycles. The topological polar surface area (TPSA) is 77.8 Å². The summed E-state index contributed by atoms with van der Waals surface area (Å²) in [6, 6.07) is 106. The van der Waals surface area contributed by atoms with Gasteiger partial charge in [-0.2, -0.15) is 0 Å². The maximum absolute atomic E-state index is 6.92. The predicted molar refractivity (Wildman–Crippen MR) is 352 cm³/mol. The minimum absolute atomic E-state index is 0.587. The molecule has 16 rings (SSSR count). The van der Waals surface area contributed by atoms with Gasteiger partial charge < -0.3 is 8.83 Å². The van der Waals surface area contributed by atoms with Gasteiger partial charge in [0.25, 0.3) is 0 Å². The average molecular weight is 1100 g/mol. The lowest BCUT2D eigenvalue weighted by molar-refractivity contribution is 0.669. The van der Waals surface area contributed by atoms with Crippen molar-refractivity contribution in [2.24, 2.45) is 0 Å². The van der Waals surface area contributed by atoms with Crippen molar-refractivity contribution < 1.29 is 8.83 Å². The molecule has 0 unspecified atom stereocenters. The van der Waals surface area contributed by atoms with Crippen LogP contribution in [0.2, 0.25) is 0 Å². The van der Waals surface area contributed by atoms with Gasteiger partial charge >= 0.3 is 0 Å². The monoisotopic (exact) mass is 1100 g/mol. The van der Waals surface area contributed by atoms with Crippen LogP contribution in [0, 0.1) is 0 Å². The summed E-state index contributed by atoms with van der Waals surface area (Å²) in [5.74, 6) is 1.20. The van der Waals surface area contributed by atoms with E-state index < -0.39 is 0 Å². The number of fused-ring (bicyclic) bond motifs is 6. The van der Waals surface area contributed by atoms with Gasteiger partial charge in [-0.25, -0.2) is 19.9 Å². The minimum Gasteiger partial charge on any atom is -0.455 e. The molecule has 6 nitrogen and oxygen atoms in total. The molecule has 0 aliphatic carbocycles. The highest BCUT2D eigenvalue weighted by Gasteiger charge is 2.22. The fourth-order valence-corrected chi connectivity index (χ4v) is 12.1. The van der Waals surface area contributed by atoms with Gasteiger partial charge in [0.15, 0.2) is 11.6 Å². The first-order valence-corrected chi connectivity index (χ1v) is 28.9. The molecule has 0 saturated heterocycles. The first-order chi connectivity index (χ1) is 42.6. The van der Waals surface area contributed by atoms with Crippen molar-refractivity contribution in [3.8, 4) is 123 Å². The standard InChI is InChI=1S/C80H50N4O2/c1-6-20-51(21-7-1)60-46-61(52-22-8-2-9-23-52)48-62(47-60)64-31-19-37-74-76(64)66-33-17-35-68(78(66)86-74)80-83-71(58-28-14-5-15-29-58)50-72(84-80)59-44-40-54(41-45-59)53-38-42-55(43-39-53)63-30-18-36-73-75(63)65-32-16-34-67(77(65)85-73)79-81-69(56-24-10-3-11-25-56)49-70(82-79)57-26-12-4-13-27-57/h1-50H. The number of furan rings is 2. The van der Waals surface area contributed by atoms with E-state index in [2.05, 4.69) is 243 Å². The molecule has 12 aromatic carbocycles. The maximum Gasteiger partial charge on any atom is 0.164 e. The van der Waals surface area contributed by atoms with Gasteiger partial charge in [-0.05, 0) is 110 Å². The van der Waals surface area contributed by atoms with Crippen molar-refractivity contribution in [2.45, 2.75) is 0 Å². The third kappa shape index (κ3) is 9.19. The lowest BCUT2D eigenvalue weighted by Gasteiger charge is -2.12. The SMILES string of the molecule is c1ccc(-c2cc(-c3ccccc3)cc(-c3cccc4oc5c(-c6nc(-c7ccccc7)cc(-c7ccc(-c8ccc(-c9cccc%10oc%11c(-c%12nc(-c%13ccccc%13)cc(-c%13ccccc%13)n%12)cccc%11c9%10)cc8)cc7)n6)cccc5c34)c2)cc1. The van der Waals surface area contributed by atoms with Crippen molar-refractivity contribution in [2.75, 3.05) is 0 Å². The van der Waals surface area contributed by atoms with Crippen molar-refractivity contribution in [3.63, 3.8) is 0 Å². The maximum atomic E-state index is 6.92. The van der Waals surface area contributed by atoms with Gasteiger partial charge in [-0.1, -0.05) is 249 Å². The summed E-state index contributed by atoms with van der Waals surface area (Å²) < 4.78 is 13.7. The van der Waals surface area contributed by atoms with Gasteiger partial charge in [0, 0.05) is 43.8 Å². The second-order valence-electron chi connectivity index (χ2n) is 21.6. The van der Waals surface area contributed by atoms with E-state index in [1.165, 1.54) is 0 Å². The third-order valence-electron chi connectivity index (χ3n) is 16.4. The molecule has 0 N–H and O–H groups in total. The second-order valence-corrected chi connectivity index (χ2v) is 21.6. The van der Waals surface area contributed by atoms with E-state index in [0.29, 0.717) is 11.6 Å². The second kappa shape index (κ2) is 21.3. The Morgan fingerprint density at radius 2 is 0.488 bits per heavy atom. The molecule has 0 radical (unpaired) electrons. The lowest BCUT2D eigenvalue weighted by Crippen LogP contribution is -1.96. The Balaban J connectivity index is 0.738. The van der Waals surface area contributed by atoms with Crippen molar-refractivity contribution >= 4 is 43.9 Å². The normalized spacial score (nSPS) is 11.5. The van der Waals surface area contributed by atoms with E-state index >= 15 is 0 Å². The van der Waals surface area contributed by atoms with Gasteiger partial charge in [0.05, 0.1) is 33.9 Å².